The molecule has 2 nitrogen and oxygen atoms in total. The Bertz CT molecular complexity index is 347. The fourth-order valence-corrected chi connectivity index (χ4v) is 1.48. The van der Waals surface area contributed by atoms with Crippen molar-refractivity contribution in [2.24, 2.45) is 0 Å². The van der Waals surface area contributed by atoms with E-state index >= 15 is 0 Å². The van der Waals surface area contributed by atoms with Gasteiger partial charge in [-0.15, -0.1) is 0 Å². The van der Waals surface area contributed by atoms with E-state index in [0.29, 0.717) is 17.2 Å². The van der Waals surface area contributed by atoms with Crippen molar-refractivity contribution < 1.29 is 9.53 Å². The second kappa shape index (κ2) is 5.76. The van der Waals surface area contributed by atoms with Crippen LogP contribution in [0.4, 0.5) is 0 Å². The summed E-state index contributed by atoms with van der Waals surface area (Å²) in [6, 6.07) is 5.31. The third-order valence-electron chi connectivity index (χ3n) is 2.08. The average molecular weight is 227 g/mol. The Hall–Kier alpha value is -1.02. The maximum Gasteiger partial charge on any atom is 0.339 e. The molecular formula is C12H15ClO2. The molecule has 0 aromatic heterocycles. The van der Waals surface area contributed by atoms with E-state index in [4.69, 9.17) is 16.3 Å². The minimum atomic E-state index is -0.339. The smallest absolute Gasteiger partial charge is 0.339 e. The van der Waals surface area contributed by atoms with Crippen LogP contribution in [0.25, 0.3) is 0 Å². The van der Waals surface area contributed by atoms with Crippen LogP contribution in [0.2, 0.25) is 5.02 Å². The van der Waals surface area contributed by atoms with Gasteiger partial charge < -0.3 is 4.74 Å². The van der Waals surface area contributed by atoms with Gasteiger partial charge in [-0.1, -0.05) is 31.0 Å². The number of benzene rings is 1. The second-order valence-electron chi connectivity index (χ2n) is 3.47. The number of hydrogen-bond donors (Lipinski definition) is 0. The number of ether oxygens (including phenoxy) is 1. The van der Waals surface area contributed by atoms with Crippen LogP contribution in [0.1, 0.15) is 35.7 Å². The molecule has 1 rings (SSSR count). The van der Waals surface area contributed by atoms with Gasteiger partial charge in [0.25, 0.3) is 0 Å². The van der Waals surface area contributed by atoms with Crippen molar-refractivity contribution in [3.05, 3.63) is 34.3 Å². The van der Waals surface area contributed by atoms with Crippen molar-refractivity contribution in [1.82, 2.24) is 0 Å². The lowest BCUT2D eigenvalue weighted by Crippen LogP contribution is -2.07. The van der Waals surface area contributed by atoms with Gasteiger partial charge in [0.1, 0.15) is 0 Å². The van der Waals surface area contributed by atoms with Crippen LogP contribution in [0.15, 0.2) is 18.2 Å². The summed E-state index contributed by atoms with van der Waals surface area (Å²) in [6.45, 7) is 4.43. The van der Waals surface area contributed by atoms with E-state index in [1.807, 2.05) is 19.9 Å². The van der Waals surface area contributed by atoms with Crippen LogP contribution in [0.3, 0.4) is 0 Å². The lowest BCUT2D eigenvalue weighted by Gasteiger charge is -2.05. The first-order valence-electron chi connectivity index (χ1n) is 5.08. The van der Waals surface area contributed by atoms with Crippen LogP contribution in [-0.4, -0.2) is 12.6 Å². The van der Waals surface area contributed by atoms with E-state index in [-0.39, 0.29) is 5.97 Å². The summed E-state index contributed by atoms with van der Waals surface area (Å²) >= 11 is 5.94. The molecular weight excluding hydrogens is 212 g/mol. The van der Waals surface area contributed by atoms with Crippen molar-refractivity contribution in [3.8, 4) is 0 Å². The van der Waals surface area contributed by atoms with Gasteiger partial charge in [0.05, 0.1) is 17.2 Å². The summed E-state index contributed by atoms with van der Waals surface area (Å²) in [6.07, 6.45) is 1.89. The summed E-state index contributed by atoms with van der Waals surface area (Å²) < 4.78 is 5.07. The number of hydrogen-bond acceptors (Lipinski definition) is 2. The van der Waals surface area contributed by atoms with Crippen molar-refractivity contribution in [1.29, 1.82) is 0 Å². The van der Waals surface area contributed by atoms with Crippen LogP contribution in [0, 0.1) is 6.92 Å². The lowest BCUT2D eigenvalue weighted by molar-refractivity contribution is 0.0500. The molecule has 0 saturated heterocycles. The van der Waals surface area contributed by atoms with E-state index in [0.717, 1.165) is 18.4 Å². The third kappa shape index (κ3) is 3.56. The summed E-state index contributed by atoms with van der Waals surface area (Å²) in [5.41, 5.74) is 1.48. The summed E-state index contributed by atoms with van der Waals surface area (Å²) in [5.74, 6) is -0.339. The maximum absolute atomic E-state index is 11.5. The predicted octanol–water partition coefficient (Wildman–Crippen LogP) is 3.61. The van der Waals surface area contributed by atoms with Crippen molar-refractivity contribution in [2.75, 3.05) is 6.61 Å². The Labute approximate surface area is 95.2 Å². The first kappa shape index (κ1) is 12.1. The summed E-state index contributed by atoms with van der Waals surface area (Å²) in [7, 11) is 0. The SMILES string of the molecule is CCCCOC(=O)c1ccc(C)cc1Cl. The van der Waals surface area contributed by atoms with E-state index in [1.54, 1.807) is 12.1 Å². The Morgan fingerprint density at radius 3 is 2.80 bits per heavy atom. The quantitative estimate of drug-likeness (QED) is 0.579. The van der Waals surface area contributed by atoms with Gasteiger partial charge in [-0.2, -0.15) is 0 Å². The molecule has 1 aromatic carbocycles. The van der Waals surface area contributed by atoms with Crippen molar-refractivity contribution >= 4 is 17.6 Å². The minimum Gasteiger partial charge on any atom is -0.462 e. The fourth-order valence-electron chi connectivity index (χ4n) is 1.17. The molecule has 1 aromatic rings. The molecule has 0 saturated carbocycles. The maximum atomic E-state index is 11.5. The van der Waals surface area contributed by atoms with Gasteiger partial charge in [0.2, 0.25) is 0 Å². The van der Waals surface area contributed by atoms with Gasteiger partial charge >= 0.3 is 5.97 Å². The summed E-state index contributed by atoms with van der Waals surface area (Å²) in [4.78, 5) is 11.5. The molecule has 3 heteroatoms. The Balaban J connectivity index is 2.65. The topological polar surface area (TPSA) is 26.3 Å². The predicted molar refractivity (Wildman–Crippen MR) is 61.4 cm³/mol. The molecule has 0 bridgehead atoms. The molecule has 0 fully saturated rings. The molecule has 0 N–H and O–H groups in total. The summed E-state index contributed by atoms with van der Waals surface area (Å²) in [5, 5.41) is 0.455. The minimum absolute atomic E-state index is 0.339. The van der Waals surface area contributed by atoms with Gasteiger partial charge in [-0.25, -0.2) is 4.79 Å². The standard InChI is InChI=1S/C12H15ClO2/c1-3-4-7-15-12(14)10-6-5-9(2)8-11(10)13/h5-6,8H,3-4,7H2,1-2H3. The van der Waals surface area contributed by atoms with Crippen molar-refractivity contribution in [2.45, 2.75) is 26.7 Å². The molecule has 0 unspecified atom stereocenters. The number of carbonyl (C=O) groups excluding carboxylic acids is 1. The number of aryl methyl sites for hydroxylation is 1. The Kier molecular flexibility index (Phi) is 4.63. The highest BCUT2D eigenvalue weighted by Gasteiger charge is 2.10. The highest BCUT2D eigenvalue weighted by Crippen LogP contribution is 2.18. The average Bonchev–Trinajstić information content (AvgIpc) is 2.17. The number of carbonyl (C=O) groups is 1. The molecule has 0 aliphatic carbocycles. The number of unbranched alkanes of at least 4 members (excludes halogenated alkanes) is 1. The largest absolute Gasteiger partial charge is 0.462 e. The van der Waals surface area contributed by atoms with Crippen LogP contribution in [0.5, 0.6) is 0 Å². The van der Waals surface area contributed by atoms with Crippen LogP contribution >= 0.6 is 11.6 Å². The van der Waals surface area contributed by atoms with E-state index in [2.05, 4.69) is 0 Å². The molecule has 0 aliphatic rings. The van der Waals surface area contributed by atoms with E-state index in [9.17, 15) is 4.79 Å². The van der Waals surface area contributed by atoms with E-state index < -0.39 is 0 Å². The van der Waals surface area contributed by atoms with Gasteiger partial charge in [-0.05, 0) is 31.0 Å². The Morgan fingerprint density at radius 2 is 2.20 bits per heavy atom. The molecule has 0 aliphatic heterocycles. The highest BCUT2D eigenvalue weighted by molar-refractivity contribution is 6.33. The molecule has 0 atom stereocenters. The highest BCUT2D eigenvalue weighted by atomic mass is 35.5. The fraction of sp³-hybridized carbons (Fsp3) is 0.417. The van der Waals surface area contributed by atoms with Gasteiger partial charge in [0.15, 0.2) is 0 Å². The first-order valence-corrected chi connectivity index (χ1v) is 5.46. The zero-order chi connectivity index (χ0) is 11.3. The molecule has 0 amide bonds. The molecule has 0 heterocycles. The number of rotatable bonds is 4. The van der Waals surface area contributed by atoms with Gasteiger partial charge in [0, 0.05) is 0 Å². The van der Waals surface area contributed by atoms with Crippen molar-refractivity contribution in [3.63, 3.8) is 0 Å². The van der Waals surface area contributed by atoms with E-state index in [1.165, 1.54) is 0 Å². The van der Waals surface area contributed by atoms with Crippen LogP contribution in [-0.2, 0) is 4.74 Å². The zero-order valence-electron chi connectivity index (χ0n) is 9.05. The molecule has 15 heavy (non-hydrogen) atoms. The Morgan fingerprint density at radius 1 is 1.47 bits per heavy atom. The molecule has 0 spiro atoms. The third-order valence-corrected chi connectivity index (χ3v) is 2.39. The molecule has 82 valence electrons. The second-order valence-corrected chi connectivity index (χ2v) is 3.88. The normalized spacial score (nSPS) is 10.1. The first-order chi connectivity index (χ1) is 7.15. The monoisotopic (exact) mass is 226 g/mol. The number of halogens is 1. The molecule has 0 radical (unpaired) electrons. The van der Waals surface area contributed by atoms with Gasteiger partial charge in [-0.3, -0.25) is 0 Å². The number of esters is 1. The zero-order valence-corrected chi connectivity index (χ0v) is 9.80. The van der Waals surface area contributed by atoms with Crippen LogP contribution < -0.4 is 0 Å². The lowest BCUT2D eigenvalue weighted by atomic mass is 10.1.